The van der Waals surface area contributed by atoms with E-state index in [9.17, 15) is 9.59 Å². The summed E-state index contributed by atoms with van der Waals surface area (Å²) in [4.78, 5) is 30.7. The lowest BCUT2D eigenvalue weighted by Gasteiger charge is -2.37. The molecule has 0 spiro atoms. The maximum Gasteiger partial charge on any atom is 0.242 e. The van der Waals surface area contributed by atoms with Crippen molar-refractivity contribution in [1.29, 1.82) is 0 Å². The number of thiophene rings is 1. The summed E-state index contributed by atoms with van der Waals surface area (Å²) in [6.07, 6.45) is 3.58. The molecule has 0 unspecified atom stereocenters. The van der Waals surface area contributed by atoms with E-state index in [-0.39, 0.29) is 24.4 Å². The van der Waals surface area contributed by atoms with Gasteiger partial charge in [-0.25, -0.2) is 0 Å². The molecule has 0 bridgehead atoms. The van der Waals surface area contributed by atoms with Crippen LogP contribution in [0.2, 0.25) is 0 Å². The average molecular weight is 443 g/mol. The molecular weight excluding hydrogens is 412 g/mol. The zero-order chi connectivity index (χ0) is 21.8. The fourth-order valence-corrected chi connectivity index (χ4v) is 5.01. The molecule has 0 radical (unpaired) electrons. The monoisotopic (exact) mass is 442 g/mol. The minimum Gasteiger partial charge on any atom is -0.497 e. The van der Waals surface area contributed by atoms with Gasteiger partial charge >= 0.3 is 0 Å². The summed E-state index contributed by atoms with van der Waals surface area (Å²) < 4.78 is 11.4. The van der Waals surface area contributed by atoms with Gasteiger partial charge < -0.3 is 19.3 Å². The van der Waals surface area contributed by atoms with Gasteiger partial charge in [0, 0.05) is 30.5 Å². The highest BCUT2D eigenvalue weighted by molar-refractivity contribution is 7.10. The number of methoxy groups -OCH3 is 1. The van der Waals surface area contributed by atoms with Gasteiger partial charge in [-0.2, -0.15) is 0 Å². The lowest BCUT2D eigenvalue weighted by Crippen LogP contribution is -2.48. The number of nitrogens with zero attached hydrogens (tertiary/aromatic N) is 2. The van der Waals surface area contributed by atoms with Crippen LogP contribution in [0.1, 0.15) is 42.7 Å². The Bertz CT molecular complexity index is 924. The van der Waals surface area contributed by atoms with Crippen LogP contribution in [-0.2, 0) is 16.0 Å². The minimum absolute atomic E-state index is 0.00135. The van der Waals surface area contributed by atoms with Gasteiger partial charge in [-0.05, 0) is 54.3 Å². The molecule has 4 rings (SSSR count). The van der Waals surface area contributed by atoms with Gasteiger partial charge in [0.1, 0.15) is 18.1 Å². The molecule has 1 atom stereocenters. The minimum atomic E-state index is -0.159. The van der Waals surface area contributed by atoms with E-state index in [4.69, 9.17) is 9.47 Å². The molecule has 31 heavy (non-hydrogen) atoms. The number of benzene rings is 1. The molecular formula is C24H30N2O4S. The summed E-state index contributed by atoms with van der Waals surface area (Å²) in [5.74, 6) is 2.06. The van der Waals surface area contributed by atoms with Crippen molar-refractivity contribution >= 4 is 23.2 Å². The second-order valence-electron chi connectivity index (χ2n) is 8.21. The number of hydrogen-bond acceptors (Lipinski definition) is 5. The normalized spacial score (nSPS) is 17.7. The summed E-state index contributed by atoms with van der Waals surface area (Å²) in [6, 6.07) is 9.44. The summed E-state index contributed by atoms with van der Waals surface area (Å²) >= 11 is 1.73. The molecule has 1 aliphatic carbocycles. The Hall–Kier alpha value is -2.54. The van der Waals surface area contributed by atoms with Crippen LogP contribution in [-0.4, -0.2) is 55.0 Å². The Kier molecular flexibility index (Phi) is 6.80. The molecule has 166 valence electrons. The van der Waals surface area contributed by atoms with Crippen molar-refractivity contribution in [3.05, 3.63) is 46.2 Å². The first-order valence-electron chi connectivity index (χ1n) is 11.0. The molecule has 7 heteroatoms. The van der Waals surface area contributed by atoms with E-state index in [1.807, 2.05) is 36.1 Å². The highest BCUT2D eigenvalue weighted by Gasteiger charge is 2.34. The van der Waals surface area contributed by atoms with E-state index < -0.39 is 0 Å². The van der Waals surface area contributed by atoms with Crippen LogP contribution in [0.5, 0.6) is 11.5 Å². The van der Waals surface area contributed by atoms with E-state index in [0.29, 0.717) is 37.8 Å². The number of carbonyl (C=O) groups excluding carboxylic acids is 2. The topological polar surface area (TPSA) is 59.1 Å². The maximum atomic E-state index is 13.3. The van der Waals surface area contributed by atoms with Crippen molar-refractivity contribution in [2.24, 2.45) is 5.92 Å². The Morgan fingerprint density at radius 2 is 2.03 bits per heavy atom. The molecule has 2 aromatic rings. The molecule has 2 amide bonds. The fourth-order valence-electron chi connectivity index (χ4n) is 4.09. The largest absolute Gasteiger partial charge is 0.497 e. The van der Waals surface area contributed by atoms with Gasteiger partial charge in [0.15, 0.2) is 0 Å². The van der Waals surface area contributed by atoms with Crippen molar-refractivity contribution < 1.29 is 19.1 Å². The lowest BCUT2D eigenvalue weighted by atomic mass is 10.0. The second-order valence-corrected chi connectivity index (χ2v) is 9.21. The van der Waals surface area contributed by atoms with Crippen molar-refractivity contribution in [2.45, 2.75) is 38.6 Å². The molecule has 1 aliphatic heterocycles. The smallest absolute Gasteiger partial charge is 0.242 e. The summed E-state index contributed by atoms with van der Waals surface area (Å²) in [7, 11) is 1.63. The predicted molar refractivity (Wildman–Crippen MR) is 121 cm³/mol. The van der Waals surface area contributed by atoms with Crippen molar-refractivity contribution in [3.63, 3.8) is 0 Å². The van der Waals surface area contributed by atoms with E-state index in [2.05, 4.69) is 11.4 Å². The third kappa shape index (κ3) is 5.21. The Morgan fingerprint density at radius 1 is 1.23 bits per heavy atom. The number of hydrogen-bond donors (Lipinski definition) is 0. The Labute approximate surface area is 187 Å². The first-order chi connectivity index (χ1) is 15.1. The van der Waals surface area contributed by atoms with Gasteiger partial charge in [-0.1, -0.05) is 13.0 Å². The Morgan fingerprint density at radius 3 is 2.77 bits per heavy atom. The molecule has 0 saturated heterocycles. The fraction of sp³-hybridized carbons (Fsp3) is 0.500. The molecule has 2 heterocycles. The SMILES string of the molecule is CCC(=O)N(CC(=O)N1CCc2sccc2[C@H]1COc1cccc(OC)c1)CC1CC1. The van der Waals surface area contributed by atoms with Gasteiger partial charge in [0.05, 0.1) is 19.7 Å². The Balaban J connectivity index is 1.49. The van der Waals surface area contributed by atoms with E-state index in [1.165, 1.54) is 4.88 Å². The lowest BCUT2D eigenvalue weighted by molar-refractivity contribution is -0.142. The van der Waals surface area contributed by atoms with Crippen LogP contribution in [0.25, 0.3) is 0 Å². The van der Waals surface area contributed by atoms with Crippen molar-refractivity contribution in [1.82, 2.24) is 9.80 Å². The number of fused-ring (bicyclic) bond motifs is 1. The number of carbonyl (C=O) groups is 2. The summed E-state index contributed by atoms with van der Waals surface area (Å²) in [5.41, 5.74) is 1.16. The number of rotatable bonds is 9. The number of amides is 2. The van der Waals surface area contributed by atoms with Gasteiger partial charge in [0.25, 0.3) is 0 Å². The van der Waals surface area contributed by atoms with Crippen LogP contribution < -0.4 is 9.47 Å². The summed E-state index contributed by atoms with van der Waals surface area (Å²) in [6.45, 7) is 3.72. The molecule has 1 aromatic carbocycles. The third-order valence-corrected chi connectivity index (χ3v) is 7.02. The summed E-state index contributed by atoms with van der Waals surface area (Å²) in [5, 5.41) is 2.08. The molecule has 2 aliphatic rings. The molecule has 6 nitrogen and oxygen atoms in total. The van der Waals surface area contributed by atoms with Crippen LogP contribution in [0.3, 0.4) is 0 Å². The highest BCUT2D eigenvalue weighted by Crippen LogP contribution is 2.35. The zero-order valence-corrected chi connectivity index (χ0v) is 19.0. The quantitative estimate of drug-likeness (QED) is 0.591. The van der Waals surface area contributed by atoms with Crippen LogP contribution in [0, 0.1) is 5.92 Å². The van der Waals surface area contributed by atoms with Gasteiger partial charge in [0.2, 0.25) is 11.8 Å². The maximum absolute atomic E-state index is 13.3. The van der Waals surface area contributed by atoms with Crippen molar-refractivity contribution in [2.75, 3.05) is 33.4 Å². The van der Waals surface area contributed by atoms with E-state index in [0.717, 1.165) is 30.6 Å². The standard InChI is InChI=1S/C24H30N2O4S/c1-3-23(27)25(14-17-7-8-17)15-24(28)26-11-9-22-20(10-12-31-22)21(26)16-30-19-6-4-5-18(13-19)29-2/h4-6,10,12-13,17,21H,3,7-9,11,14-16H2,1-2H3/t21-/m1/s1. The van der Waals surface area contributed by atoms with Crippen LogP contribution >= 0.6 is 11.3 Å². The van der Waals surface area contributed by atoms with Crippen LogP contribution in [0.4, 0.5) is 0 Å². The van der Waals surface area contributed by atoms with E-state index in [1.54, 1.807) is 23.3 Å². The van der Waals surface area contributed by atoms with E-state index >= 15 is 0 Å². The zero-order valence-electron chi connectivity index (χ0n) is 18.2. The van der Waals surface area contributed by atoms with Gasteiger partial charge in [-0.3, -0.25) is 9.59 Å². The molecule has 1 fully saturated rings. The predicted octanol–water partition coefficient (Wildman–Crippen LogP) is 3.91. The van der Waals surface area contributed by atoms with Crippen LogP contribution in [0.15, 0.2) is 35.7 Å². The van der Waals surface area contributed by atoms with Crippen molar-refractivity contribution in [3.8, 4) is 11.5 Å². The first-order valence-corrected chi connectivity index (χ1v) is 11.9. The first kappa shape index (κ1) is 21.7. The molecule has 0 N–H and O–H groups in total. The highest BCUT2D eigenvalue weighted by atomic mass is 32.1. The number of ether oxygens (including phenoxy) is 2. The molecule has 1 saturated carbocycles. The third-order valence-electron chi connectivity index (χ3n) is 6.02. The molecule has 1 aromatic heterocycles. The van der Waals surface area contributed by atoms with Gasteiger partial charge in [-0.15, -0.1) is 11.3 Å². The average Bonchev–Trinajstić information content (AvgIpc) is 3.48. The second kappa shape index (κ2) is 9.73.